The lowest BCUT2D eigenvalue weighted by atomic mass is 9.67. The van der Waals surface area contributed by atoms with Gasteiger partial charge in [-0.15, -0.1) is 0 Å². The van der Waals surface area contributed by atoms with Crippen molar-refractivity contribution in [2.24, 2.45) is 12.5 Å². The van der Waals surface area contributed by atoms with Crippen LogP contribution in [0.15, 0.2) is 54.9 Å². The molecule has 0 aliphatic heterocycles. The van der Waals surface area contributed by atoms with E-state index in [4.69, 9.17) is 0 Å². The number of amides is 1. The van der Waals surface area contributed by atoms with Gasteiger partial charge in [-0.2, -0.15) is 10.2 Å². The highest BCUT2D eigenvalue weighted by molar-refractivity contribution is 6.01. The van der Waals surface area contributed by atoms with Crippen molar-refractivity contribution in [3.8, 4) is 11.3 Å². The molecule has 1 aromatic carbocycles. The summed E-state index contributed by atoms with van der Waals surface area (Å²) in [5.41, 5.74) is 4.95. The van der Waals surface area contributed by atoms with Gasteiger partial charge in [0.2, 0.25) is 0 Å². The van der Waals surface area contributed by atoms with Gasteiger partial charge in [0, 0.05) is 42.5 Å². The van der Waals surface area contributed by atoms with Crippen LogP contribution in [0.1, 0.15) is 35.7 Å². The van der Waals surface area contributed by atoms with Crippen LogP contribution < -0.4 is 10.6 Å². The molecule has 3 heterocycles. The van der Waals surface area contributed by atoms with Crippen LogP contribution in [0.4, 0.5) is 11.5 Å². The molecule has 5 rings (SSSR count). The molecular weight excluding hydrogens is 416 g/mol. The molecule has 0 saturated heterocycles. The summed E-state index contributed by atoms with van der Waals surface area (Å²) in [5.74, 6) is 0.653. The van der Waals surface area contributed by atoms with Crippen molar-refractivity contribution in [2.75, 3.05) is 11.9 Å². The van der Waals surface area contributed by atoms with E-state index in [1.807, 2.05) is 50.5 Å². The van der Waals surface area contributed by atoms with Crippen LogP contribution in [0.3, 0.4) is 0 Å². The Hall–Kier alpha value is -3.65. The van der Waals surface area contributed by atoms with Gasteiger partial charge < -0.3 is 15.7 Å². The Morgan fingerprint density at radius 2 is 2.09 bits per heavy atom. The minimum Gasteiger partial charge on any atom is -0.392 e. The lowest BCUT2D eigenvalue weighted by Crippen LogP contribution is -2.50. The topological polar surface area (TPSA) is 96.5 Å². The maximum absolute atomic E-state index is 12.8. The highest BCUT2D eigenvalue weighted by atomic mass is 16.3. The number of anilines is 2. The number of hydrogen-bond acceptors (Lipinski definition) is 5. The first-order valence-electron chi connectivity index (χ1n) is 11.1. The number of aryl methyl sites for hydroxylation is 2. The number of hydrogen-bond donors (Lipinski definition) is 3. The average Bonchev–Trinajstić information content (AvgIpc) is 3.39. The molecule has 170 valence electrons. The van der Waals surface area contributed by atoms with E-state index in [-0.39, 0.29) is 17.4 Å². The van der Waals surface area contributed by atoms with Gasteiger partial charge in [-0.3, -0.25) is 9.48 Å². The second kappa shape index (κ2) is 8.04. The fraction of sp³-hybridized carbons (Fsp3) is 0.320. The molecule has 1 unspecified atom stereocenters. The van der Waals surface area contributed by atoms with Crippen molar-refractivity contribution < 1.29 is 9.90 Å². The zero-order chi connectivity index (χ0) is 23.2. The van der Waals surface area contributed by atoms with Crippen LogP contribution in [0.5, 0.6) is 0 Å². The van der Waals surface area contributed by atoms with Gasteiger partial charge in [0.05, 0.1) is 29.1 Å². The molecule has 2 atom stereocenters. The number of aliphatic hydroxyl groups is 1. The van der Waals surface area contributed by atoms with Gasteiger partial charge >= 0.3 is 0 Å². The van der Waals surface area contributed by atoms with Crippen molar-refractivity contribution in [3.05, 3.63) is 66.0 Å². The third kappa shape index (κ3) is 3.87. The third-order valence-electron chi connectivity index (χ3n) is 6.79. The molecule has 4 aromatic rings. The number of carbonyl (C=O) groups excluding carboxylic acids is 1. The van der Waals surface area contributed by atoms with Crippen LogP contribution in [-0.4, -0.2) is 43.1 Å². The number of nitrogens with one attached hydrogen (secondary N) is 2. The van der Waals surface area contributed by atoms with Gasteiger partial charge in [-0.05, 0) is 37.5 Å². The molecule has 0 spiro atoms. The Morgan fingerprint density at radius 3 is 2.82 bits per heavy atom. The fourth-order valence-electron chi connectivity index (χ4n) is 4.31. The second-order valence-corrected chi connectivity index (χ2v) is 9.17. The van der Waals surface area contributed by atoms with Crippen molar-refractivity contribution in [1.82, 2.24) is 24.7 Å². The van der Waals surface area contributed by atoms with Gasteiger partial charge in [0.25, 0.3) is 5.91 Å². The molecule has 1 fully saturated rings. The Bertz CT molecular complexity index is 1340. The number of aliphatic hydroxyl groups excluding tert-OH is 1. The van der Waals surface area contributed by atoms with Crippen molar-refractivity contribution in [3.63, 3.8) is 0 Å². The molecule has 1 saturated carbocycles. The number of rotatable bonds is 6. The summed E-state index contributed by atoms with van der Waals surface area (Å²) < 4.78 is 3.49. The number of pyridine rings is 1. The smallest absolute Gasteiger partial charge is 0.255 e. The summed E-state index contributed by atoms with van der Waals surface area (Å²) >= 11 is 0. The minimum absolute atomic E-state index is 0.190. The molecule has 3 N–H and O–H groups in total. The first kappa shape index (κ1) is 21.2. The molecule has 33 heavy (non-hydrogen) atoms. The monoisotopic (exact) mass is 444 g/mol. The van der Waals surface area contributed by atoms with Crippen LogP contribution in [-0.2, 0) is 7.05 Å². The van der Waals surface area contributed by atoms with Gasteiger partial charge in [-0.25, -0.2) is 4.52 Å². The second-order valence-electron chi connectivity index (χ2n) is 9.17. The molecular formula is C25H28N6O2. The van der Waals surface area contributed by atoms with E-state index in [0.29, 0.717) is 17.6 Å². The normalized spacial score (nSPS) is 19.9. The van der Waals surface area contributed by atoms with Gasteiger partial charge in [-0.1, -0.05) is 31.2 Å². The summed E-state index contributed by atoms with van der Waals surface area (Å²) in [6, 6.07) is 14.0. The summed E-state index contributed by atoms with van der Waals surface area (Å²) in [7, 11) is 1.90. The Labute approximate surface area is 192 Å². The Kier molecular flexibility index (Phi) is 5.17. The van der Waals surface area contributed by atoms with E-state index in [1.54, 1.807) is 15.4 Å². The predicted octanol–water partition coefficient (Wildman–Crippen LogP) is 3.68. The zero-order valence-electron chi connectivity index (χ0n) is 19.0. The van der Waals surface area contributed by atoms with E-state index in [9.17, 15) is 9.90 Å². The Balaban J connectivity index is 1.37. The maximum Gasteiger partial charge on any atom is 0.255 e. The summed E-state index contributed by atoms with van der Waals surface area (Å²) in [6.07, 6.45) is 4.74. The summed E-state index contributed by atoms with van der Waals surface area (Å²) in [6.45, 7) is 4.51. The van der Waals surface area contributed by atoms with E-state index in [2.05, 4.69) is 39.9 Å². The average molecular weight is 445 g/mol. The number of nitrogens with zero attached hydrogens (tertiary/aromatic N) is 4. The fourth-order valence-corrected chi connectivity index (χ4v) is 4.31. The summed E-state index contributed by atoms with van der Waals surface area (Å²) in [5, 5.41) is 25.3. The standard InChI is InChI=1S/C25H28N6O2/c1-16-6-4-5-7-18(16)20-13-23(30(3)29-20)28-17-9-11-31-21(12-17)19(14-27-31)24(33)26-15-25(2)10-8-22(25)32/h4-7,9,11-14,22,28,32H,8,10,15H2,1-3H3,(H,26,33)/t22-,25?/m1/s1. The SMILES string of the molecule is Cc1ccccc1-c1cc(Nc2ccn3ncc(C(=O)NCC4(C)CC[C@H]4O)c3c2)n(C)n1. The number of benzene rings is 1. The first-order valence-corrected chi connectivity index (χ1v) is 11.1. The van der Waals surface area contributed by atoms with Crippen LogP contribution in [0.25, 0.3) is 16.8 Å². The molecule has 8 nitrogen and oxygen atoms in total. The number of carbonyl (C=O) groups is 1. The first-order chi connectivity index (χ1) is 15.8. The predicted molar refractivity (Wildman–Crippen MR) is 128 cm³/mol. The lowest BCUT2D eigenvalue weighted by Gasteiger charge is -2.43. The third-order valence-corrected chi connectivity index (χ3v) is 6.79. The molecule has 0 radical (unpaired) electrons. The van der Waals surface area contributed by atoms with Gasteiger partial charge in [0.1, 0.15) is 5.82 Å². The number of aromatic nitrogens is 4. The van der Waals surface area contributed by atoms with E-state index in [1.165, 1.54) is 5.56 Å². The zero-order valence-corrected chi connectivity index (χ0v) is 19.0. The minimum atomic E-state index is -0.360. The van der Waals surface area contributed by atoms with Crippen molar-refractivity contribution in [2.45, 2.75) is 32.8 Å². The molecule has 8 heteroatoms. The number of fused-ring (bicyclic) bond motifs is 1. The quantitative estimate of drug-likeness (QED) is 0.422. The van der Waals surface area contributed by atoms with Crippen LogP contribution in [0, 0.1) is 12.3 Å². The highest BCUT2D eigenvalue weighted by Crippen LogP contribution is 2.40. The molecule has 1 amide bonds. The lowest BCUT2D eigenvalue weighted by molar-refractivity contribution is -0.0489. The maximum atomic E-state index is 12.8. The van der Waals surface area contributed by atoms with E-state index in [0.717, 1.165) is 35.6 Å². The van der Waals surface area contributed by atoms with E-state index >= 15 is 0 Å². The van der Waals surface area contributed by atoms with E-state index < -0.39 is 0 Å². The van der Waals surface area contributed by atoms with Crippen LogP contribution >= 0.6 is 0 Å². The molecule has 3 aromatic heterocycles. The highest BCUT2D eigenvalue weighted by Gasteiger charge is 2.41. The molecule has 0 bridgehead atoms. The molecule has 1 aliphatic carbocycles. The van der Waals surface area contributed by atoms with Crippen molar-refractivity contribution >= 4 is 22.9 Å². The summed E-state index contributed by atoms with van der Waals surface area (Å²) in [4.78, 5) is 12.8. The molecule has 1 aliphatic rings. The van der Waals surface area contributed by atoms with Crippen molar-refractivity contribution in [1.29, 1.82) is 0 Å². The Morgan fingerprint density at radius 1 is 1.27 bits per heavy atom. The van der Waals surface area contributed by atoms with Gasteiger partial charge in [0.15, 0.2) is 0 Å². The van der Waals surface area contributed by atoms with Crippen LogP contribution in [0.2, 0.25) is 0 Å². The largest absolute Gasteiger partial charge is 0.392 e.